The van der Waals surface area contributed by atoms with Gasteiger partial charge in [0, 0.05) is 11.3 Å². The summed E-state index contributed by atoms with van der Waals surface area (Å²) in [7, 11) is -2.62. The van der Waals surface area contributed by atoms with Crippen LogP contribution in [0.2, 0.25) is 0 Å². The Morgan fingerprint density at radius 2 is 1.93 bits per heavy atom. The lowest BCUT2D eigenvalue weighted by Crippen LogP contribution is -2.13. The summed E-state index contributed by atoms with van der Waals surface area (Å²) < 4.78 is 28.5. The minimum atomic E-state index is -3.97. The maximum absolute atomic E-state index is 12.4. The van der Waals surface area contributed by atoms with Crippen molar-refractivity contribution in [3.05, 3.63) is 59.8 Å². The second kappa shape index (κ2) is 7.22. The molecule has 0 unspecified atom stereocenters. The van der Waals surface area contributed by atoms with E-state index in [2.05, 4.69) is 15.5 Å². The molecule has 0 aliphatic heterocycles. The molecule has 27 heavy (non-hydrogen) atoms. The van der Waals surface area contributed by atoms with Crippen molar-refractivity contribution >= 4 is 21.6 Å². The number of aryl methyl sites for hydroxylation is 1. The number of nitrogens with two attached hydrogens (primary N) is 1. The number of carbonyl (C=O) groups excluding carboxylic acids is 1. The van der Waals surface area contributed by atoms with E-state index in [0.29, 0.717) is 16.9 Å². The molecule has 0 radical (unpaired) electrons. The first kappa shape index (κ1) is 18.6. The van der Waals surface area contributed by atoms with Gasteiger partial charge in [0.25, 0.3) is 5.91 Å². The molecule has 0 aliphatic rings. The van der Waals surface area contributed by atoms with Crippen molar-refractivity contribution in [1.82, 2.24) is 10.2 Å². The minimum Gasteiger partial charge on any atom is -0.495 e. The Labute approximate surface area is 156 Å². The van der Waals surface area contributed by atoms with E-state index in [1.54, 1.807) is 12.1 Å². The van der Waals surface area contributed by atoms with Gasteiger partial charge in [-0.15, -0.1) is 0 Å². The lowest BCUT2D eigenvalue weighted by atomic mass is 10.1. The van der Waals surface area contributed by atoms with Crippen LogP contribution in [0.3, 0.4) is 0 Å². The number of primary sulfonamides is 1. The Balaban J connectivity index is 1.90. The van der Waals surface area contributed by atoms with Gasteiger partial charge in [-0.3, -0.25) is 9.89 Å². The number of benzene rings is 2. The number of hydrogen-bond donors (Lipinski definition) is 3. The third-order valence-corrected chi connectivity index (χ3v) is 4.91. The Morgan fingerprint density at radius 1 is 1.19 bits per heavy atom. The number of sulfonamides is 1. The number of H-pyrrole nitrogens is 1. The zero-order valence-electron chi connectivity index (χ0n) is 14.7. The summed E-state index contributed by atoms with van der Waals surface area (Å²) in [6.07, 6.45) is 0. The average Bonchev–Trinajstić information content (AvgIpc) is 3.12. The molecule has 1 aromatic heterocycles. The number of anilines is 1. The van der Waals surface area contributed by atoms with E-state index < -0.39 is 10.0 Å². The summed E-state index contributed by atoms with van der Waals surface area (Å²) in [4.78, 5) is 12.3. The van der Waals surface area contributed by atoms with Gasteiger partial charge in [-0.1, -0.05) is 18.2 Å². The molecule has 0 saturated heterocycles. The molecule has 4 N–H and O–H groups in total. The highest BCUT2D eigenvalue weighted by molar-refractivity contribution is 7.89. The average molecular weight is 386 g/mol. The standard InChI is InChI=1S/C18H18N4O4S/c1-11-5-3-4-6-13(11)20-18(23)15-10-14(21-22-15)12-7-8-16(26-2)17(9-12)27(19,24)25/h3-10H,1-2H3,(H,20,23)(H,21,22)(H2,19,24,25). The third-order valence-electron chi connectivity index (χ3n) is 3.98. The normalized spacial score (nSPS) is 11.2. The van der Waals surface area contributed by atoms with E-state index >= 15 is 0 Å². The van der Waals surface area contributed by atoms with Crippen LogP contribution in [0.1, 0.15) is 16.1 Å². The van der Waals surface area contributed by atoms with Crippen LogP contribution in [0.5, 0.6) is 5.75 Å². The molecule has 1 amide bonds. The van der Waals surface area contributed by atoms with Gasteiger partial charge in [-0.05, 0) is 42.8 Å². The summed E-state index contributed by atoms with van der Waals surface area (Å²) in [5, 5.41) is 14.8. The van der Waals surface area contributed by atoms with E-state index in [4.69, 9.17) is 9.88 Å². The molecule has 9 heteroatoms. The number of aromatic nitrogens is 2. The molecular weight excluding hydrogens is 368 g/mol. The number of nitrogens with one attached hydrogen (secondary N) is 2. The Morgan fingerprint density at radius 3 is 2.59 bits per heavy atom. The van der Waals surface area contributed by atoms with Crippen molar-refractivity contribution in [1.29, 1.82) is 0 Å². The molecule has 0 fully saturated rings. The first-order valence-electron chi connectivity index (χ1n) is 7.93. The van der Waals surface area contributed by atoms with Crippen LogP contribution < -0.4 is 15.2 Å². The zero-order chi connectivity index (χ0) is 19.6. The molecule has 0 bridgehead atoms. The second-order valence-electron chi connectivity index (χ2n) is 5.85. The maximum Gasteiger partial charge on any atom is 0.273 e. The third kappa shape index (κ3) is 3.99. The van der Waals surface area contributed by atoms with Gasteiger partial charge in [-0.25, -0.2) is 13.6 Å². The quantitative estimate of drug-likeness (QED) is 0.620. The van der Waals surface area contributed by atoms with Crippen LogP contribution in [0.15, 0.2) is 53.4 Å². The van der Waals surface area contributed by atoms with E-state index in [0.717, 1.165) is 5.56 Å². The van der Waals surface area contributed by atoms with Crippen molar-refractivity contribution in [2.45, 2.75) is 11.8 Å². The van der Waals surface area contributed by atoms with Crippen LogP contribution in [0.25, 0.3) is 11.3 Å². The van der Waals surface area contributed by atoms with Gasteiger partial charge in [0.2, 0.25) is 10.0 Å². The molecule has 8 nitrogen and oxygen atoms in total. The van der Waals surface area contributed by atoms with Crippen molar-refractivity contribution in [3.63, 3.8) is 0 Å². The van der Waals surface area contributed by atoms with Crippen LogP contribution in [-0.4, -0.2) is 31.6 Å². The van der Waals surface area contributed by atoms with Gasteiger partial charge >= 0.3 is 0 Å². The highest BCUT2D eigenvalue weighted by atomic mass is 32.2. The summed E-state index contributed by atoms with van der Waals surface area (Å²) >= 11 is 0. The van der Waals surface area contributed by atoms with E-state index in [9.17, 15) is 13.2 Å². The lowest BCUT2D eigenvalue weighted by molar-refractivity contribution is 0.102. The SMILES string of the molecule is COc1ccc(-c2cc(C(=O)Nc3ccccc3C)[nH]n2)cc1S(N)(=O)=O. The summed E-state index contributed by atoms with van der Waals surface area (Å²) in [5.74, 6) is -0.225. The maximum atomic E-state index is 12.4. The molecule has 3 aromatic rings. The zero-order valence-corrected chi connectivity index (χ0v) is 15.5. The van der Waals surface area contributed by atoms with Crippen LogP contribution in [0, 0.1) is 6.92 Å². The molecule has 140 valence electrons. The predicted molar refractivity (Wildman–Crippen MR) is 101 cm³/mol. The fourth-order valence-electron chi connectivity index (χ4n) is 2.55. The van der Waals surface area contributed by atoms with E-state index in [-0.39, 0.29) is 22.2 Å². The van der Waals surface area contributed by atoms with Gasteiger partial charge in [-0.2, -0.15) is 5.10 Å². The highest BCUT2D eigenvalue weighted by Crippen LogP contribution is 2.28. The first-order valence-corrected chi connectivity index (χ1v) is 9.48. The lowest BCUT2D eigenvalue weighted by Gasteiger charge is -2.08. The number of amides is 1. The number of carbonyl (C=O) groups is 1. The van der Waals surface area contributed by atoms with E-state index in [1.807, 2.05) is 25.1 Å². The molecular formula is C18H18N4O4S. The number of nitrogens with zero attached hydrogens (tertiary/aromatic N) is 1. The number of aromatic amines is 1. The largest absolute Gasteiger partial charge is 0.495 e. The Hall–Kier alpha value is -3.17. The Bertz CT molecular complexity index is 1110. The number of methoxy groups -OCH3 is 1. The smallest absolute Gasteiger partial charge is 0.273 e. The minimum absolute atomic E-state index is 0.134. The number of para-hydroxylation sites is 1. The summed E-state index contributed by atoms with van der Waals surface area (Å²) in [6, 6.07) is 13.4. The number of ether oxygens (including phenoxy) is 1. The molecule has 0 aliphatic carbocycles. The van der Waals surface area contributed by atoms with Crippen molar-refractivity contribution < 1.29 is 17.9 Å². The molecule has 1 heterocycles. The molecule has 2 aromatic carbocycles. The molecule has 0 saturated carbocycles. The van der Waals surface area contributed by atoms with Crippen LogP contribution in [0.4, 0.5) is 5.69 Å². The van der Waals surface area contributed by atoms with Crippen molar-refractivity contribution in [3.8, 4) is 17.0 Å². The van der Waals surface area contributed by atoms with Crippen molar-refractivity contribution in [2.75, 3.05) is 12.4 Å². The van der Waals surface area contributed by atoms with Crippen LogP contribution >= 0.6 is 0 Å². The van der Waals surface area contributed by atoms with Crippen molar-refractivity contribution in [2.24, 2.45) is 5.14 Å². The number of hydrogen-bond acceptors (Lipinski definition) is 5. The fourth-order valence-corrected chi connectivity index (χ4v) is 3.27. The Kier molecular flexibility index (Phi) is 4.98. The first-order chi connectivity index (χ1) is 12.8. The summed E-state index contributed by atoms with van der Waals surface area (Å²) in [5.41, 5.74) is 2.74. The highest BCUT2D eigenvalue weighted by Gasteiger charge is 2.18. The molecule has 0 spiro atoms. The van der Waals surface area contributed by atoms with Gasteiger partial charge < -0.3 is 10.1 Å². The molecule has 3 rings (SSSR count). The van der Waals surface area contributed by atoms with E-state index in [1.165, 1.54) is 25.3 Å². The molecule has 0 atom stereocenters. The van der Waals surface area contributed by atoms with Gasteiger partial charge in [0.05, 0.1) is 12.8 Å². The van der Waals surface area contributed by atoms with Crippen LogP contribution in [-0.2, 0) is 10.0 Å². The number of rotatable bonds is 5. The topological polar surface area (TPSA) is 127 Å². The second-order valence-corrected chi connectivity index (χ2v) is 7.38. The van der Waals surface area contributed by atoms with Gasteiger partial charge in [0.1, 0.15) is 16.3 Å². The summed E-state index contributed by atoms with van der Waals surface area (Å²) in [6.45, 7) is 1.89. The monoisotopic (exact) mass is 386 g/mol. The predicted octanol–water partition coefficient (Wildman–Crippen LogP) is 2.29. The van der Waals surface area contributed by atoms with Gasteiger partial charge in [0.15, 0.2) is 0 Å². The fraction of sp³-hybridized carbons (Fsp3) is 0.111.